The summed E-state index contributed by atoms with van der Waals surface area (Å²) in [5.74, 6) is -0.718. The van der Waals surface area contributed by atoms with Gasteiger partial charge in [0.1, 0.15) is 0 Å². The molecule has 0 spiro atoms. The predicted molar refractivity (Wildman–Crippen MR) is 101 cm³/mol. The van der Waals surface area contributed by atoms with Gasteiger partial charge in [-0.3, -0.25) is 14.4 Å². The zero-order valence-corrected chi connectivity index (χ0v) is 15.2. The number of benzene rings is 2. The molecule has 0 bridgehead atoms. The Bertz CT molecular complexity index is 889. The summed E-state index contributed by atoms with van der Waals surface area (Å²) in [6.45, 7) is 5.79. The Labute approximate surface area is 153 Å². The number of hydrogen-bond acceptors (Lipinski definition) is 3. The van der Waals surface area contributed by atoms with E-state index in [1.807, 2.05) is 32.0 Å². The van der Waals surface area contributed by atoms with Crippen molar-refractivity contribution in [3.05, 3.63) is 59.2 Å². The molecule has 1 aliphatic heterocycles. The van der Waals surface area contributed by atoms with E-state index in [0.29, 0.717) is 17.8 Å². The number of nitrogens with one attached hydrogen (secondary N) is 1. The molecule has 134 valence electrons. The van der Waals surface area contributed by atoms with Gasteiger partial charge in [0.25, 0.3) is 0 Å². The molecule has 0 radical (unpaired) electrons. The molecule has 1 heterocycles. The Kier molecular flexibility index (Phi) is 4.89. The molecule has 3 rings (SSSR count). The first-order chi connectivity index (χ1) is 12.3. The molecule has 0 aromatic heterocycles. The van der Waals surface area contributed by atoms with Crippen LogP contribution in [0.15, 0.2) is 42.5 Å². The number of ketones is 1. The molecule has 0 saturated carbocycles. The van der Waals surface area contributed by atoms with Crippen molar-refractivity contribution in [1.29, 1.82) is 0 Å². The minimum Gasteiger partial charge on any atom is -0.326 e. The van der Waals surface area contributed by atoms with E-state index in [1.165, 1.54) is 6.92 Å². The average molecular weight is 350 g/mol. The lowest BCUT2D eigenvalue weighted by Gasteiger charge is -2.19. The van der Waals surface area contributed by atoms with Gasteiger partial charge in [-0.2, -0.15) is 0 Å². The van der Waals surface area contributed by atoms with Gasteiger partial charge in [-0.25, -0.2) is 0 Å². The average Bonchev–Trinajstić information content (AvgIpc) is 2.99. The van der Waals surface area contributed by atoms with E-state index in [9.17, 15) is 14.4 Å². The molecular formula is C21H22N2O3. The quantitative estimate of drug-likeness (QED) is 0.858. The third-order valence-corrected chi connectivity index (χ3v) is 4.69. The third-order valence-electron chi connectivity index (χ3n) is 4.69. The van der Waals surface area contributed by atoms with Crippen LogP contribution in [-0.2, 0) is 9.59 Å². The van der Waals surface area contributed by atoms with E-state index < -0.39 is 5.92 Å². The lowest BCUT2D eigenvalue weighted by molar-refractivity contribution is -0.122. The Balaban J connectivity index is 1.74. The maximum atomic E-state index is 12.6. The fourth-order valence-corrected chi connectivity index (χ4v) is 3.19. The highest BCUT2D eigenvalue weighted by Gasteiger charge is 2.35. The summed E-state index contributed by atoms with van der Waals surface area (Å²) in [7, 11) is 0. The summed E-state index contributed by atoms with van der Waals surface area (Å²) in [5.41, 5.74) is 4.07. The van der Waals surface area contributed by atoms with Crippen LogP contribution in [0.1, 0.15) is 34.8 Å². The second-order valence-corrected chi connectivity index (χ2v) is 6.82. The fraction of sp³-hybridized carbons (Fsp3) is 0.286. The minimum atomic E-state index is -0.414. The summed E-state index contributed by atoms with van der Waals surface area (Å²) in [6, 6.07) is 12.8. The van der Waals surface area contributed by atoms with Crippen molar-refractivity contribution in [3.8, 4) is 0 Å². The van der Waals surface area contributed by atoms with Crippen molar-refractivity contribution in [2.75, 3.05) is 16.8 Å². The summed E-state index contributed by atoms with van der Waals surface area (Å²) in [5, 5.41) is 2.83. The van der Waals surface area contributed by atoms with Crippen LogP contribution in [0.5, 0.6) is 0 Å². The molecule has 5 nitrogen and oxygen atoms in total. The van der Waals surface area contributed by atoms with Gasteiger partial charge >= 0.3 is 0 Å². The smallest absolute Gasteiger partial charge is 0.229 e. The Morgan fingerprint density at radius 1 is 1.12 bits per heavy atom. The summed E-state index contributed by atoms with van der Waals surface area (Å²) in [6.07, 6.45) is 0.186. The first-order valence-corrected chi connectivity index (χ1v) is 8.64. The molecule has 1 unspecified atom stereocenters. The first-order valence-electron chi connectivity index (χ1n) is 8.64. The normalized spacial score (nSPS) is 16.7. The van der Waals surface area contributed by atoms with E-state index >= 15 is 0 Å². The summed E-state index contributed by atoms with van der Waals surface area (Å²) >= 11 is 0. The molecule has 1 saturated heterocycles. The largest absolute Gasteiger partial charge is 0.326 e. The summed E-state index contributed by atoms with van der Waals surface area (Å²) in [4.78, 5) is 38.2. The third kappa shape index (κ3) is 3.67. The number of carbonyl (C=O) groups excluding carboxylic acids is 3. The second kappa shape index (κ2) is 7.12. The predicted octanol–water partition coefficient (Wildman–Crippen LogP) is 3.50. The molecule has 2 aromatic carbocycles. The Hall–Kier alpha value is -2.95. The van der Waals surface area contributed by atoms with Gasteiger partial charge in [-0.1, -0.05) is 24.3 Å². The van der Waals surface area contributed by atoms with Gasteiger partial charge in [0, 0.05) is 29.9 Å². The number of amides is 2. The molecule has 1 atom stereocenters. The highest BCUT2D eigenvalue weighted by atomic mass is 16.2. The highest BCUT2D eigenvalue weighted by Crippen LogP contribution is 2.29. The summed E-state index contributed by atoms with van der Waals surface area (Å²) < 4.78 is 0. The van der Waals surface area contributed by atoms with Gasteiger partial charge < -0.3 is 10.2 Å². The molecule has 2 amide bonds. The fourth-order valence-electron chi connectivity index (χ4n) is 3.19. The lowest BCUT2D eigenvalue weighted by Crippen LogP contribution is -2.28. The zero-order valence-electron chi connectivity index (χ0n) is 15.2. The topological polar surface area (TPSA) is 66.5 Å². The first kappa shape index (κ1) is 17.9. The van der Waals surface area contributed by atoms with Crippen LogP contribution in [0.25, 0.3) is 0 Å². The highest BCUT2D eigenvalue weighted by molar-refractivity contribution is 6.04. The van der Waals surface area contributed by atoms with E-state index in [1.54, 1.807) is 29.2 Å². The molecule has 1 aliphatic rings. The van der Waals surface area contributed by atoms with Crippen molar-refractivity contribution in [1.82, 2.24) is 0 Å². The van der Waals surface area contributed by atoms with E-state index in [-0.39, 0.29) is 24.0 Å². The van der Waals surface area contributed by atoms with Crippen LogP contribution in [-0.4, -0.2) is 24.1 Å². The van der Waals surface area contributed by atoms with Crippen molar-refractivity contribution in [3.63, 3.8) is 0 Å². The van der Waals surface area contributed by atoms with Crippen LogP contribution >= 0.6 is 0 Å². The van der Waals surface area contributed by atoms with Crippen LogP contribution in [0.3, 0.4) is 0 Å². The molecule has 26 heavy (non-hydrogen) atoms. The van der Waals surface area contributed by atoms with Gasteiger partial charge in [0.15, 0.2) is 5.78 Å². The second-order valence-electron chi connectivity index (χ2n) is 6.82. The van der Waals surface area contributed by atoms with Crippen molar-refractivity contribution >= 4 is 29.0 Å². The van der Waals surface area contributed by atoms with Crippen molar-refractivity contribution < 1.29 is 14.4 Å². The minimum absolute atomic E-state index is 0.0451. The molecule has 1 fully saturated rings. The molecular weight excluding hydrogens is 328 g/mol. The van der Waals surface area contributed by atoms with Crippen LogP contribution < -0.4 is 10.2 Å². The number of aryl methyl sites for hydroxylation is 2. The lowest BCUT2D eigenvalue weighted by atomic mass is 10.1. The maximum absolute atomic E-state index is 12.6. The van der Waals surface area contributed by atoms with Gasteiger partial charge in [-0.05, 0) is 50.1 Å². The standard InChI is InChI=1S/C21H22N2O3/c1-13-7-8-14(2)19(9-13)23-12-17(11-20(23)25)21(26)22-18-6-4-5-16(10-18)15(3)24/h4-10,17H,11-12H2,1-3H3,(H,22,26). The number of Topliss-reactive ketones (excluding diaryl/α,β-unsaturated/α-hetero) is 1. The van der Waals surface area contributed by atoms with Crippen LogP contribution in [0.4, 0.5) is 11.4 Å². The molecule has 5 heteroatoms. The number of carbonyl (C=O) groups is 3. The number of rotatable bonds is 4. The van der Waals surface area contributed by atoms with E-state index in [0.717, 1.165) is 16.8 Å². The monoisotopic (exact) mass is 350 g/mol. The van der Waals surface area contributed by atoms with E-state index in [4.69, 9.17) is 0 Å². The van der Waals surface area contributed by atoms with Gasteiger partial charge in [0.2, 0.25) is 11.8 Å². The Morgan fingerprint density at radius 2 is 1.88 bits per heavy atom. The Morgan fingerprint density at radius 3 is 2.62 bits per heavy atom. The molecule has 2 aromatic rings. The zero-order chi connectivity index (χ0) is 18.8. The number of nitrogens with zero attached hydrogens (tertiary/aromatic N) is 1. The van der Waals surface area contributed by atoms with Crippen molar-refractivity contribution in [2.45, 2.75) is 27.2 Å². The van der Waals surface area contributed by atoms with Crippen molar-refractivity contribution in [2.24, 2.45) is 5.92 Å². The number of hydrogen-bond donors (Lipinski definition) is 1. The van der Waals surface area contributed by atoms with Crippen LogP contribution in [0.2, 0.25) is 0 Å². The molecule has 1 N–H and O–H groups in total. The van der Waals surface area contributed by atoms with E-state index in [2.05, 4.69) is 5.32 Å². The van der Waals surface area contributed by atoms with Crippen LogP contribution in [0, 0.1) is 19.8 Å². The SMILES string of the molecule is CC(=O)c1cccc(NC(=O)C2CC(=O)N(c3cc(C)ccc3C)C2)c1. The number of anilines is 2. The molecule has 0 aliphatic carbocycles. The van der Waals surface area contributed by atoms with Gasteiger partial charge in [0.05, 0.1) is 5.92 Å². The maximum Gasteiger partial charge on any atom is 0.229 e. The van der Waals surface area contributed by atoms with Gasteiger partial charge in [-0.15, -0.1) is 0 Å².